The molecule has 1 aromatic carbocycles. The van der Waals surface area contributed by atoms with Crippen LogP contribution in [-0.4, -0.2) is 40.6 Å². The first-order valence-electron chi connectivity index (χ1n) is 7.45. The third-order valence-corrected chi connectivity index (χ3v) is 6.14. The minimum Gasteiger partial charge on any atom is -0.321 e. The van der Waals surface area contributed by atoms with Gasteiger partial charge >= 0.3 is 0 Å². The summed E-state index contributed by atoms with van der Waals surface area (Å²) in [5.74, 6) is 1.43. The lowest BCUT2D eigenvalue weighted by Crippen LogP contribution is -2.39. The number of piperidine rings is 1. The van der Waals surface area contributed by atoms with Gasteiger partial charge in [-0.05, 0) is 30.9 Å². The Morgan fingerprint density at radius 1 is 1.18 bits per heavy atom. The van der Waals surface area contributed by atoms with Crippen molar-refractivity contribution in [2.75, 3.05) is 13.1 Å². The summed E-state index contributed by atoms with van der Waals surface area (Å²) in [6.07, 6.45) is 4.28. The molecule has 22 heavy (non-hydrogen) atoms. The number of rotatable bonds is 4. The molecule has 2 aromatic rings. The van der Waals surface area contributed by atoms with Crippen LogP contribution in [0.5, 0.6) is 0 Å². The van der Waals surface area contributed by atoms with Crippen LogP contribution < -0.4 is 0 Å². The number of sulfonamides is 1. The van der Waals surface area contributed by atoms with Crippen LogP contribution in [0.3, 0.4) is 0 Å². The molecule has 0 amide bonds. The maximum atomic E-state index is 12.6. The zero-order valence-electron chi connectivity index (χ0n) is 12.6. The standard InChI is InChI=1S/C15H20N4O2S/c1-18-12-16-17-15(18)11-13-7-9-19(10-8-13)22(20,21)14-5-3-2-4-6-14/h2-6,12-13H,7-11H2,1H3. The molecule has 0 radical (unpaired) electrons. The van der Waals surface area contributed by atoms with Gasteiger partial charge in [-0.2, -0.15) is 4.31 Å². The molecule has 1 aromatic heterocycles. The average Bonchev–Trinajstić information content (AvgIpc) is 2.94. The van der Waals surface area contributed by atoms with E-state index < -0.39 is 10.0 Å². The van der Waals surface area contributed by atoms with Gasteiger partial charge in [-0.3, -0.25) is 0 Å². The Balaban J connectivity index is 1.63. The molecule has 0 spiro atoms. The summed E-state index contributed by atoms with van der Waals surface area (Å²) in [4.78, 5) is 0.377. The molecular formula is C15H20N4O2S. The molecule has 1 aliphatic rings. The molecule has 2 heterocycles. The normalized spacial score (nSPS) is 17.7. The number of aromatic nitrogens is 3. The minimum absolute atomic E-state index is 0.377. The summed E-state index contributed by atoms with van der Waals surface area (Å²) in [7, 11) is -1.42. The Hall–Kier alpha value is -1.73. The number of nitrogens with zero attached hydrogens (tertiary/aromatic N) is 4. The van der Waals surface area contributed by atoms with Gasteiger partial charge < -0.3 is 4.57 Å². The van der Waals surface area contributed by atoms with E-state index in [9.17, 15) is 8.42 Å². The number of aryl methyl sites for hydroxylation is 1. The van der Waals surface area contributed by atoms with Crippen LogP contribution in [0.1, 0.15) is 18.7 Å². The molecular weight excluding hydrogens is 300 g/mol. The summed E-state index contributed by atoms with van der Waals surface area (Å²) < 4.78 is 28.6. The maximum absolute atomic E-state index is 12.6. The highest BCUT2D eigenvalue weighted by Crippen LogP contribution is 2.25. The van der Waals surface area contributed by atoms with E-state index in [1.165, 1.54) is 0 Å². The Labute approximate surface area is 130 Å². The van der Waals surface area contributed by atoms with Crippen LogP contribution in [0.25, 0.3) is 0 Å². The van der Waals surface area contributed by atoms with Gasteiger partial charge in [0.2, 0.25) is 10.0 Å². The van der Waals surface area contributed by atoms with Gasteiger partial charge in [0.25, 0.3) is 0 Å². The van der Waals surface area contributed by atoms with E-state index in [1.807, 2.05) is 17.7 Å². The molecule has 0 atom stereocenters. The Kier molecular flexibility index (Phi) is 4.26. The van der Waals surface area contributed by atoms with Gasteiger partial charge in [-0.25, -0.2) is 8.42 Å². The largest absolute Gasteiger partial charge is 0.321 e. The second-order valence-corrected chi connectivity index (χ2v) is 7.66. The molecule has 0 bridgehead atoms. The number of hydrogen-bond acceptors (Lipinski definition) is 4. The highest BCUT2D eigenvalue weighted by atomic mass is 32.2. The van der Waals surface area contributed by atoms with Gasteiger partial charge in [0, 0.05) is 26.6 Å². The quantitative estimate of drug-likeness (QED) is 0.855. The Bertz CT molecular complexity index is 719. The van der Waals surface area contributed by atoms with E-state index in [0.29, 0.717) is 23.9 Å². The monoisotopic (exact) mass is 320 g/mol. The van der Waals surface area contributed by atoms with Gasteiger partial charge in [0.15, 0.2) is 0 Å². The zero-order chi connectivity index (χ0) is 15.6. The molecule has 0 aliphatic carbocycles. The topological polar surface area (TPSA) is 68.1 Å². The smallest absolute Gasteiger partial charge is 0.243 e. The van der Waals surface area contributed by atoms with E-state index in [0.717, 1.165) is 25.1 Å². The van der Waals surface area contributed by atoms with Crippen molar-refractivity contribution in [1.82, 2.24) is 19.1 Å². The lowest BCUT2D eigenvalue weighted by Gasteiger charge is -2.31. The first-order chi connectivity index (χ1) is 10.6. The third-order valence-electron chi connectivity index (χ3n) is 4.23. The molecule has 0 unspecified atom stereocenters. The molecule has 118 valence electrons. The second-order valence-electron chi connectivity index (χ2n) is 5.72. The number of hydrogen-bond donors (Lipinski definition) is 0. The van der Waals surface area contributed by atoms with Crippen molar-refractivity contribution in [1.29, 1.82) is 0 Å². The fraction of sp³-hybridized carbons (Fsp3) is 0.467. The second kappa shape index (κ2) is 6.18. The lowest BCUT2D eigenvalue weighted by atomic mass is 9.94. The van der Waals surface area contributed by atoms with Crippen molar-refractivity contribution < 1.29 is 8.42 Å². The zero-order valence-corrected chi connectivity index (χ0v) is 13.4. The molecule has 7 heteroatoms. The van der Waals surface area contributed by atoms with Crippen LogP contribution in [0, 0.1) is 5.92 Å². The third kappa shape index (κ3) is 3.05. The highest BCUT2D eigenvalue weighted by Gasteiger charge is 2.29. The lowest BCUT2D eigenvalue weighted by molar-refractivity contribution is 0.269. The summed E-state index contributed by atoms with van der Waals surface area (Å²) in [5.41, 5.74) is 0. The maximum Gasteiger partial charge on any atom is 0.243 e. The Morgan fingerprint density at radius 3 is 2.45 bits per heavy atom. The first kappa shape index (κ1) is 15.2. The van der Waals surface area contributed by atoms with Crippen LogP contribution in [0.2, 0.25) is 0 Å². The summed E-state index contributed by atoms with van der Waals surface area (Å²) in [5, 5.41) is 7.99. The van der Waals surface area contributed by atoms with Gasteiger partial charge in [-0.15, -0.1) is 10.2 Å². The summed E-state index contributed by atoms with van der Waals surface area (Å²) in [6.45, 7) is 1.14. The fourth-order valence-corrected chi connectivity index (χ4v) is 4.34. The van der Waals surface area contributed by atoms with Crippen molar-refractivity contribution >= 4 is 10.0 Å². The van der Waals surface area contributed by atoms with E-state index >= 15 is 0 Å². The van der Waals surface area contributed by atoms with Gasteiger partial charge in [-0.1, -0.05) is 18.2 Å². The molecule has 3 rings (SSSR count). The molecule has 0 N–H and O–H groups in total. The predicted octanol–water partition coefficient (Wildman–Crippen LogP) is 1.46. The van der Waals surface area contributed by atoms with Crippen molar-refractivity contribution in [2.24, 2.45) is 13.0 Å². The minimum atomic E-state index is -3.36. The van der Waals surface area contributed by atoms with E-state index in [-0.39, 0.29) is 0 Å². The van der Waals surface area contributed by atoms with Crippen molar-refractivity contribution in [3.05, 3.63) is 42.5 Å². The first-order valence-corrected chi connectivity index (χ1v) is 8.89. The van der Waals surface area contributed by atoms with E-state index in [1.54, 1.807) is 34.9 Å². The van der Waals surface area contributed by atoms with Gasteiger partial charge in [0.05, 0.1) is 4.90 Å². The molecule has 1 aliphatic heterocycles. The van der Waals surface area contributed by atoms with E-state index in [4.69, 9.17) is 0 Å². The van der Waals surface area contributed by atoms with Crippen LogP contribution in [0.15, 0.2) is 41.6 Å². The van der Waals surface area contributed by atoms with Crippen LogP contribution >= 0.6 is 0 Å². The fourth-order valence-electron chi connectivity index (χ4n) is 2.85. The summed E-state index contributed by atoms with van der Waals surface area (Å²) >= 11 is 0. The molecule has 1 fully saturated rings. The molecule has 6 nitrogen and oxygen atoms in total. The Morgan fingerprint density at radius 2 is 1.86 bits per heavy atom. The van der Waals surface area contributed by atoms with Crippen molar-refractivity contribution in [3.63, 3.8) is 0 Å². The predicted molar refractivity (Wildman–Crippen MR) is 82.6 cm³/mol. The van der Waals surface area contributed by atoms with Crippen LogP contribution in [-0.2, 0) is 23.5 Å². The number of benzene rings is 1. The molecule has 1 saturated heterocycles. The SMILES string of the molecule is Cn1cnnc1CC1CCN(S(=O)(=O)c2ccccc2)CC1. The van der Waals surface area contributed by atoms with Crippen LogP contribution in [0.4, 0.5) is 0 Å². The molecule has 0 saturated carbocycles. The van der Waals surface area contributed by atoms with E-state index in [2.05, 4.69) is 10.2 Å². The van der Waals surface area contributed by atoms with Gasteiger partial charge in [0.1, 0.15) is 12.2 Å². The van der Waals surface area contributed by atoms with Crippen molar-refractivity contribution in [3.8, 4) is 0 Å². The highest BCUT2D eigenvalue weighted by molar-refractivity contribution is 7.89. The summed E-state index contributed by atoms with van der Waals surface area (Å²) in [6, 6.07) is 8.65. The average molecular weight is 320 g/mol. The van der Waals surface area contributed by atoms with Crippen molar-refractivity contribution in [2.45, 2.75) is 24.2 Å².